The van der Waals surface area contributed by atoms with Gasteiger partial charge in [0.25, 0.3) is 5.91 Å². The molecule has 0 aromatic carbocycles. The molecule has 1 aromatic heterocycles. The molecule has 3 rings (SSSR count). The number of hydrogen-bond donors (Lipinski definition) is 1. The van der Waals surface area contributed by atoms with Gasteiger partial charge in [0.15, 0.2) is 5.76 Å². The Kier molecular flexibility index (Phi) is 6.68. The number of carbonyl (C=O) groups is 2. The van der Waals surface area contributed by atoms with Crippen LogP contribution in [0.2, 0.25) is 0 Å². The number of nitrogens with one attached hydrogen (secondary N) is 1. The number of furan rings is 1. The second-order valence-corrected chi connectivity index (χ2v) is 10.3. The Labute approximate surface area is 172 Å². The average Bonchev–Trinajstić information content (AvgIpc) is 3.36. The van der Waals surface area contributed by atoms with E-state index in [4.69, 9.17) is 4.42 Å². The van der Waals surface area contributed by atoms with Crippen LogP contribution in [-0.2, 0) is 14.8 Å². The monoisotopic (exact) mass is 425 g/mol. The summed E-state index contributed by atoms with van der Waals surface area (Å²) in [5.41, 5.74) is 0. The fourth-order valence-corrected chi connectivity index (χ4v) is 5.55. The van der Waals surface area contributed by atoms with E-state index < -0.39 is 10.0 Å². The molecule has 1 atom stereocenters. The number of sulfonamides is 1. The second kappa shape index (κ2) is 8.87. The lowest BCUT2D eigenvalue weighted by Crippen LogP contribution is -2.45. The average molecular weight is 426 g/mol. The number of amides is 2. The van der Waals surface area contributed by atoms with Gasteiger partial charge in [-0.05, 0) is 38.5 Å². The van der Waals surface area contributed by atoms with Gasteiger partial charge in [0.05, 0.1) is 5.92 Å². The van der Waals surface area contributed by atoms with Crippen molar-refractivity contribution in [3.05, 3.63) is 17.6 Å². The molecule has 2 aliphatic rings. The smallest absolute Gasteiger partial charge is 0.289 e. The molecule has 1 aromatic rings. The van der Waals surface area contributed by atoms with Crippen molar-refractivity contribution in [1.29, 1.82) is 0 Å². The minimum absolute atomic E-state index is 0.0171. The van der Waals surface area contributed by atoms with Crippen molar-refractivity contribution < 1.29 is 22.4 Å². The SMILES string of the molecule is Cc1oc(C(=O)N2CCC[C@H](C(=O)NCC(C)C)C2)cc1S(=O)(=O)N1CCCC1. The summed E-state index contributed by atoms with van der Waals surface area (Å²) in [6.45, 7) is 8.08. The molecule has 2 saturated heterocycles. The zero-order chi connectivity index (χ0) is 21.2. The van der Waals surface area contributed by atoms with Gasteiger partial charge in [-0.1, -0.05) is 13.8 Å². The second-order valence-electron chi connectivity index (χ2n) is 8.37. The molecule has 3 heterocycles. The summed E-state index contributed by atoms with van der Waals surface area (Å²) in [6, 6.07) is 1.34. The Bertz CT molecular complexity index is 855. The van der Waals surface area contributed by atoms with Crippen LogP contribution in [0.15, 0.2) is 15.4 Å². The number of likely N-dealkylation sites (tertiary alicyclic amines) is 1. The number of piperidine rings is 1. The van der Waals surface area contributed by atoms with Crippen LogP contribution < -0.4 is 5.32 Å². The molecular formula is C20H31N3O5S. The van der Waals surface area contributed by atoms with Crippen molar-refractivity contribution in [3.63, 3.8) is 0 Å². The summed E-state index contributed by atoms with van der Waals surface area (Å²) in [5, 5.41) is 2.93. The van der Waals surface area contributed by atoms with E-state index in [0.29, 0.717) is 38.6 Å². The van der Waals surface area contributed by atoms with Gasteiger partial charge in [-0.2, -0.15) is 4.31 Å². The van der Waals surface area contributed by atoms with Gasteiger partial charge in [-0.3, -0.25) is 9.59 Å². The van der Waals surface area contributed by atoms with Crippen molar-refractivity contribution in [3.8, 4) is 0 Å². The zero-order valence-electron chi connectivity index (χ0n) is 17.4. The lowest BCUT2D eigenvalue weighted by atomic mass is 9.96. The van der Waals surface area contributed by atoms with E-state index in [9.17, 15) is 18.0 Å². The van der Waals surface area contributed by atoms with Gasteiger partial charge < -0.3 is 14.6 Å². The number of carbonyl (C=O) groups excluding carboxylic acids is 2. The maximum Gasteiger partial charge on any atom is 0.289 e. The molecule has 0 spiro atoms. The highest BCUT2D eigenvalue weighted by Crippen LogP contribution is 2.28. The number of aryl methyl sites for hydroxylation is 1. The van der Waals surface area contributed by atoms with Gasteiger partial charge in [0, 0.05) is 38.8 Å². The van der Waals surface area contributed by atoms with Crippen molar-refractivity contribution in [2.24, 2.45) is 11.8 Å². The number of nitrogens with zero attached hydrogens (tertiary/aromatic N) is 2. The highest BCUT2D eigenvalue weighted by Gasteiger charge is 2.34. The third-order valence-electron chi connectivity index (χ3n) is 5.53. The van der Waals surface area contributed by atoms with Gasteiger partial charge in [-0.25, -0.2) is 8.42 Å². The summed E-state index contributed by atoms with van der Waals surface area (Å²) in [7, 11) is -3.65. The fraction of sp³-hybridized carbons (Fsp3) is 0.700. The van der Waals surface area contributed by atoms with E-state index in [2.05, 4.69) is 5.32 Å². The first kappa shape index (κ1) is 21.8. The van der Waals surface area contributed by atoms with E-state index in [1.165, 1.54) is 10.4 Å². The minimum Gasteiger partial charge on any atom is -0.455 e. The van der Waals surface area contributed by atoms with Gasteiger partial charge in [0.1, 0.15) is 10.7 Å². The molecule has 2 fully saturated rings. The van der Waals surface area contributed by atoms with E-state index in [1.54, 1.807) is 11.8 Å². The van der Waals surface area contributed by atoms with E-state index in [-0.39, 0.29) is 34.1 Å². The minimum atomic E-state index is -3.65. The standard InChI is InChI=1S/C20H31N3O5S/c1-14(2)12-21-19(24)16-7-6-8-22(13-16)20(25)17-11-18(15(3)28-17)29(26,27)23-9-4-5-10-23/h11,14,16H,4-10,12-13H2,1-3H3,(H,21,24)/t16-/m0/s1. The quantitative estimate of drug-likeness (QED) is 0.751. The maximum absolute atomic E-state index is 12.9. The Morgan fingerprint density at radius 1 is 1.21 bits per heavy atom. The molecule has 0 saturated carbocycles. The van der Waals surface area contributed by atoms with E-state index in [0.717, 1.165) is 25.7 Å². The van der Waals surface area contributed by atoms with Crippen molar-refractivity contribution >= 4 is 21.8 Å². The van der Waals surface area contributed by atoms with Crippen LogP contribution in [0.5, 0.6) is 0 Å². The van der Waals surface area contributed by atoms with Crippen LogP contribution in [0.3, 0.4) is 0 Å². The van der Waals surface area contributed by atoms with E-state index >= 15 is 0 Å². The van der Waals surface area contributed by atoms with Crippen molar-refractivity contribution in [2.45, 2.75) is 51.3 Å². The predicted molar refractivity (Wildman–Crippen MR) is 108 cm³/mol. The Morgan fingerprint density at radius 2 is 1.90 bits per heavy atom. The topological polar surface area (TPSA) is 99.9 Å². The molecule has 162 valence electrons. The summed E-state index contributed by atoms with van der Waals surface area (Å²) < 4.78 is 32.6. The van der Waals surface area contributed by atoms with Crippen LogP contribution in [0.4, 0.5) is 0 Å². The van der Waals surface area contributed by atoms with Gasteiger partial charge >= 0.3 is 0 Å². The summed E-state index contributed by atoms with van der Waals surface area (Å²) in [5.74, 6) is -0.0499. The Morgan fingerprint density at radius 3 is 2.55 bits per heavy atom. The molecule has 0 radical (unpaired) electrons. The molecule has 8 nitrogen and oxygen atoms in total. The van der Waals surface area contributed by atoms with Crippen LogP contribution in [0, 0.1) is 18.8 Å². The summed E-state index contributed by atoms with van der Waals surface area (Å²) in [6.07, 6.45) is 3.15. The van der Waals surface area contributed by atoms with Crippen molar-refractivity contribution in [2.75, 3.05) is 32.7 Å². The predicted octanol–water partition coefficient (Wildman–Crippen LogP) is 2.00. The molecule has 9 heteroatoms. The van der Waals surface area contributed by atoms with Gasteiger partial charge in [0.2, 0.25) is 15.9 Å². The van der Waals surface area contributed by atoms with Crippen LogP contribution in [-0.4, -0.2) is 62.2 Å². The molecule has 0 aliphatic carbocycles. The largest absolute Gasteiger partial charge is 0.455 e. The lowest BCUT2D eigenvalue weighted by molar-refractivity contribution is -0.126. The maximum atomic E-state index is 12.9. The first-order valence-corrected chi connectivity index (χ1v) is 11.8. The summed E-state index contributed by atoms with van der Waals surface area (Å²) >= 11 is 0. The highest BCUT2D eigenvalue weighted by atomic mass is 32.2. The lowest BCUT2D eigenvalue weighted by Gasteiger charge is -2.31. The first-order chi connectivity index (χ1) is 13.7. The highest BCUT2D eigenvalue weighted by molar-refractivity contribution is 7.89. The fourth-order valence-electron chi connectivity index (χ4n) is 3.87. The first-order valence-electron chi connectivity index (χ1n) is 10.4. The third-order valence-corrected chi connectivity index (χ3v) is 7.54. The molecule has 0 bridgehead atoms. The normalized spacial score (nSPS) is 21.0. The molecule has 2 aliphatic heterocycles. The number of hydrogen-bond acceptors (Lipinski definition) is 5. The Balaban J connectivity index is 1.71. The van der Waals surface area contributed by atoms with Crippen LogP contribution in [0.1, 0.15) is 55.8 Å². The van der Waals surface area contributed by atoms with Crippen LogP contribution >= 0.6 is 0 Å². The van der Waals surface area contributed by atoms with Gasteiger partial charge in [-0.15, -0.1) is 0 Å². The Hall–Kier alpha value is -1.87. The summed E-state index contributed by atoms with van der Waals surface area (Å²) in [4.78, 5) is 27.0. The molecule has 2 amide bonds. The number of rotatable bonds is 6. The molecular weight excluding hydrogens is 394 g/mol. The van der Waals surface area contributed by atoms with E-state index in [1.807, 2.05) is 13.8 Å². The molecule has 1 N–H and O–H groups in total. The van der Waals surface area contributed by atoms with Crippen molar-refractivity contribution in [1.82, 2.24) is 14.5 Å². The van der Waals surface area contributed by atoms with Crippen LogP contribution in [0.25, 0.3) is 0 Å². The molecule has 0 unspecified atom stereocenters. The molecule has 29 heavy (non-hydrogen) atoms. The zero-order valence-corrected chi connectivity index (χ0v) is 18.3. The third kappa shape index (κ3) is 4.83.